The average Bonchev–Trinajstić information content (AvgIpc) is 3.19. The van der Waals surface area contributed by atoms with Crippen molar-refractivity contribution in [1.29, 1.82) is 0 Å². The lowest BCUT2D eigenvalue weighted by atomic mass is 10.1. The van der Waals surface area contributed by atoms with Crippen LogP contribution in [0.4, 0.5) is 13.2 Å². The molecule has 2 heterocycles. The molecule has 1 fully saturated rings. The molecule has 1 amide bonds. The molecule has 0 radical (unpaired) electrons. The van der Waals surface area contributed by atoms with Crippen molar-refractivity contribution in [2.75, 3.05) is 26.2 Å². The third kappa shape index (κ3) is 4.71. The molecule has 0 aliphatic carbocycles. The summed E-state index contributed by atoms with van der Waals surface area (Å²) in [6, 6.07) is 7.01. The van der Waals surface area contributed by atoms with Crippen LogP contribution in [0.5, 0.6) is 0 Å². The van der Waals surface area contributed by atoms with E-state index < -0.39 is 11.9 Å². The molecule has 0 atom stereocenters. The van der Waals surface area contributed by atoms with Gasteiger partial charge in [-0.05, 0) is 50.1 Å². The maximum absolute atomic E-state index is 13.1. The van der Waals surface area contributed by atoms with Gasteiger partial charge in [0.15, 0.2) is 0 Å². The molecule has 0 bridgehead atoms. The van der Waals surface area contributed by atoms with Crippen LogP contribution in [0.15, 0.2) is 36.5 Å². The summed E-state index contributed by atoms with van der Waals surface area (Å²) in [7, 11) is 0. The summed E-state index contributed by atoms with van der Waals surface area (Å²) >= 11 is 0. The van der Waals surface area contributed by atoms with Gasteiger partial charge >= 0.3 is 6.18 Å². The first kappa shape index (κ1) is 20.3. The van der Waals surface area contributed by atoms with Crippen LogP contribution in [-0.2, 0) is 10.9 Å². The fraction of sp³-hybridized carbons (Fsp3) is 0.474. The molecule has 1 saturated heterocycles. The highest BCUT2D eigenvalue weighted by Crippen LogP contribution is 2.30. The van der Waals surface area contributed by atoms with Crippen LogP contribution in [-0.4, -0.2) is 52.9 Å². The number of hydrogen-bond donors (Lipinski definition) is 1. The maximum atomic E-state index is 13.1. The molecule has 9 heteroatoms. The second-order valence-corrected chi connectivity index (χ2v) is 6.68. The Labute approximate surface area is 161 Å². The Kier molecular flexibility index (Phi) is 6.35. The van der Waals surface area contributed by atoms with Crippen LogP contribution < -0.4 is 5.73 Å². The van der Waals surface area contributed by atoms with Crippen molar-refractivity contribution in [2.24, 2.45) is 5.73 Å². The van der Waals surface area contributed by atoms with Gasteiger partial charge in [-0.3, -0.25) is 4.79 Å². The number of carbonyl (C=O) groups is 1. The monoisotopic (exact) mass is 396 g/mol. The zero-order chi connectivity index (χ0) is 20.1. The highest BCUT2D eigenvalue weighted by atomic mass is 19.4. The third-order valence-electron chi connectivity index (χ3n) is 4.70. The Morgan fingerprint density at radius 3 is 2.68 bits per heavy atom. The lowest BCUT2D eigenvalue weighted by Crippen LogP contribution is -2.41. The predicted molar refractivity (Wildman–Crippen MR) is 97.1 cm³/mol. The molecule has 6 nitrogen and oxygen atoms in total. The number of halogens is 3. The maximum Gasteiger partial charge on any atom is 0.433 e. The summed E-state index contributed by atoms with van der Waals surface area (Å²) in [5.74, 6) is -0.206. The first-order valence-corrected chi connectivity index (χ1v) is 9.23. The first-order valence-electron chi connectivity index (χ1n) is 9.23. The summed E-state index contributed by atoms with van der Waals surface area (Å²) in [4.78, 5) is 14.5. The Morgan fingerprint density at radius 2 is 2.00 bits per heavy atom. The molecule has 2 aromatic rings. The van der Waals surface area contributed by atoms with Gasteiger partial charge in [0, 0.05) is 25.3 Å². The fourth-order valence-corrected chi connectivity index (χ4v) is 3.24. The van der Waals surface area contributed by atoms with Crippen LogP contribution in [0.1, 0.15) is 35.3 Å². The van der Waals surface area contributed by atoms with E-state index in [1.807, 2.05) is 0 Å². The molecule has 1 aliphatic heterocycles. The average molecular weight is 396 g/mol. The van der Waals surface area contributed by atoms with Crippen LogP contribution in [0.2, 0.25) is 0 Å². The quantitative estimate of drug-likeness (QED) is 0.762. The smallest absolute Gasteiger partial charge is 0.378 e. The minimum absolute atomic E-state index is 0.111. The van der Waals surface area contributed by atoms with E-state index in [2.05, 4.69) is 5.10 Å². The molecule has 152 valence electrons. The Morgan fingerprint density at radius 1 is 1.25 bits per heavy atom. The van der Waals surface area contributed by atoms with Gasteiger partial charge in [0.1, 0.15) is 5.69 Å². The van der Waals surface area contributed by atoms with Gasteiger partial charge in [-0.25, -0.2) is 4.68 Å². The Balaban J connectivity index is 1.68. The lowest BCUT2D eigenvalue weighted by Gasteiger charge is -2.32. The molecule has 2 N–H and O–H groups in total. The van der Waals surface area contributed by atoms with Gasteiger partial charge in [0.25, 0.3) is 5.91 Å². The number of carbonyl (C=O) groups excluding carboxylic acids is 1. The molecular formula is C19H23F3N4O2. The number of amides is 1. The van der Waals surface area contributed by atoms with Crippen molar-refractivity contribution >= 4 is 5.91 Å². The SMILES string of the molecule is NCCCOC1CCN(C(=O)c2cccc(-n3nccc3C(F)(F)F)c2)CC1. The van der Waals surface area contributed by atoms with Crippen LogP contribution >= 0.6 is 0 Å². The second-order valence-electron chi connectivity index (χ2n) is 6.68. The van der Waals surface area contributed by atoms with Crippen LogP contribution in [0.3, 0.4) is 0 Å². The van der Waals surface area contributed by atoms with Crippen LogP contribution in [0.25, 0.3) is 5.69 Å². The number of hydrogen-bond acceptors (Lipinski definition) is 4. The number of aromatic nitrogens is 2. The van der Waals surface area contributed by atoms with Gasteiger partial charge in [0.2, 0.25) is 0 Å². The van der Waals surface area contributed by atoms with Crippen molar-refractivity contribution in [2.45, 2.75) is 31.5 Å². The molecule has 3 rings (SSSR count). The Bertz CT molecular complexity index is 798. The number of nitrogens with two attached hydrogens (primary N) is 1. The normalized spacial score (nSPS) is 15.8. The number of alkyl halides is 3. The van der Waals surface area contributed by atoms with E-state index in [0.29, 0.717) is 31.8 Å². The lowest BCUT2D eigenvalue weighted by molar-refractivity contribution is -0.142. The summed E-state index contributed by atoms with van der Waals surface area (Å²) in [6.45, 7) is 2.29. The third-order valence-corrected chi connectivity index (χ3v) is 4.70. The zero-order valence-electron chi connectivity index (χ0n) is 15.4. The molecular weight excluding hydrogens is 373 g/mol. The van der Waals surface area contributed by atoms with Gasteiger partial charge in [0.05, 0.1) is 18.0 Å². The summed E-state index contributed by atoms with van der Waals surface area (Å²) in [5, 5.41) is 3.76. The molecule has 0 spiro atoms. The van der Waals surface area contributed by atoms with Gasteiger partial charge < -0.3 is 15.4 Å². The van der Waals surface area contributed by atoms with E-state index in [-0.39, 0.29) is 17.7 Å². The minimum atomic E-state index is -4.53. The van der Waals surface area contributed by atoms with Crippen molar-refractivity contribution in [3.63, 3.8) is 0 Å². The topological polar surface area (TPSA) is 73.4 Å². The highest BCUT2D eigenvalue weighted by Gasteiger charge is 2.35. The highest BCUT2D eigenvalue weighted by molar-refractivity contribution is 5.94. The van der Waals surface area contributed by atoms with Crippen molar-refractivity contribution in [3.8, 4) is 5.69 Å². The van der Waals surface area contributed by atoms with Gasteiger partial charge in [-0.2, -0.15) is 18.3 Å². The number of piperidine rings is 1. The van der Waals surface area contributed by atoms with Crippen molar-refractivity contribution in [3.05, 3.63) is 47.8 Å². The summed E-state index contributed by atoms with van der Waals surface area (Å²) in [6.07, 6.45) is -1.06. The summed E-state index contributed by atoms with van der Waals surface area (Å²) in [5.41, 5.74) is 5.10. The first-order chi connectivity index (χ1) is 13.4. The predicted octanol–water partition coefficient (Wildman–Crippen LogP) is 2.86. The van der Waals surface area contributed by atoms with Gasteiger partial charge in [-0.1, -0.05) is 6.07 Å². The van der Waals surface area contributed by atoms with E-state index in [0.717, 1.165) is 36.2 Å². The molecule has 0 unspecified atom stereocenters. The molecule has 1 aromatic carbocycles. The Hall–Kier alpha value is -2.39. The number of ether oxygens (including phenoxy) is 1. The molecule has 1 aliphatic rings. The van der Waals surface area contributed by atoms with Gasteiger partial charge in [-0.15, -0.1) is 0 Å². The fourth-order valence-electron chi connectivity index (χ4n) is 3.24. The van der Waals surface area contributed by atoms with Crippen molar-refractivity contribution < 1.29 is 22.7 Å². The number of rotatable bonds is 6. The number of benzene rings is 1. The van der Waals surface area contributed by atoms with Crippen LogP contribution in [0, 0.1) is 0 Å². The molecule has 28 heavy (non-hydrogen) atoms. The van der Waals surface area contributed by atoms with E-state index in [9.17, 15) is 18.0 Å². The molecule has 1 aromatic heterocycles. The van der Waals surface area contributed by atoms with E-state index in [4.69, 9.17) is 10.5 Å². The second kappa shape index (κ2) is 8.74. The zero-order valence-corrected chi connectivity index (χ0v) is 15.4. The van der Waals surface area contributed by atoms with E-state index in [1.165, 1.54) is 12.1 Å². The number of likely N-dealkylation sites (tertiary alicyclic amines) is 1. The minimum Gasteiger partial charge on any atom is -0.378 e. The van der Waals surface area contributed by atoms with E-state index >= 15 is 0 Å². The molecule has 0 saturated carbocycles. The largest absolute Gasteiger partial charge is 0.433 e. The standard InChI is InChI=1S/C19H23F3N4O2/c20-19(21,22)17-5-9-24-26(17)15-4-1-3-14(13-15)18(27)25-10-6-16(7-11-25)28-12-2-8-23/h1,3-5,9,13,16H,2,6-8,10-12,23H2. The number of nitrogens with zero attached hydrogens (tertiary/aromatic N) is 3. The van der Waals surface area contributed by atoms with Crippen molar-refractivity contribution in [1.82, 2.24) is 14.7 Å². The summed E-state index contributed by atoms with van der Waals surface area (Å²) < 4.78 is 45.9. The van der Waals surface area contributed by atoms with E-state index in [1.54, 1.807) is 17.0 Å².